The summed E-state index contributed by atoms with van der Waals surface area (Å²) in [6.45, 7) is 0.520. The van der Waals surface area contributed by atoms with Crippen LogP contribution in [0.25, 0.3) is 0 Å². The maximum absolute atomic E-state index is 11.6. The highest BCUT2D eigenvalue weighted by molar-refractivity contribution is 5.77. The molecule has 0 aromatic heterocycles. The first-order valence-corrected chi connectivity index (χ1v) is 6.76. The van der Waals surface area contributed by atoms with Gasteiger partial charge < -0.3 is 14.8 Å². The smallest absolute Gasteiger partial charge is 0.327 e. The van der Waals surface area contributed by atoms with E-state index in [1.165, 1.54) is 7.11 Å². The lowest BCUT2D eigenvalue weighted by atomic mass is 10.1. The summed E-state index contributed by atoms with van der Waals surface area (Å²) in [6, 6.07) is 16.9. The van der Waals surface area contributed by atoms with Crippen LogP contribution in [0.15, 0.2) is 54.6 Å². The van der Waals surface area contributed by atoms with Gasteiger partial charge in [0.2, 0.25) is 0 Å². The molecule has 2 rings (SSSR count). The van der Waals surface area contributed by atoms with E-state index in [1.807, 2.05) is 54.6 Å². The molecule has 0 bridgehead atoms. The van der Waals surface area contributed by atoms with Crippen molar-refractivity contribution in [3.8, 4) is 5.75 Å². The van der Waals surface area contributed by atoms with Gasteiger partial charge in [-0.3, -0.25) is 0 Å². The van der Waals surface area contributed by atoms with Gasteiger partial charge in [0, 0.05) is 0 Å². The van der Waals surface area contributed by atoms with Crippen molar-refractivity contribution in [2.24, 2.45) is 0 Å². The molecular formula is C17H19NO3. The molecule has 4 heteroatoms. The van der Waals surface area contributed by atoms with Crippen molar-refractivity contribution in [1.82, 2.24) is 5.32 Å². The Morgan fingerprint density at radius 3 is 2.33 bits per heavy atom. The van der Waals surface area contributed by atoms with Crippen molar-refractivity contribution in [1.29, 1.82) is 0 Å². The van der Waals surface area contributed by atoms with Crippen LogP contribution in [0.5, 0.6) is 5.75 Å². The van der Waals surface area contributed by atoms with Gasteiger partial charge in [-0.2, -0.15) is 0 Å². The minimum Gasteiger partial charge on any atom is -0.489 e. The van der Waals surface area contributed by atoms with Crippen LogP contribution >= 0.6 is 0 Å². The molecule has 0 amide bonds. The number of ether oxygens (including phenoxy) is 2. The van der Waals surface area contributed by atoms with E-state index in [9.17, 15) is 4.79 Å². The Hall–Kier alpha value is -2.33. The van der Waals surface area contributed by atoms with E-state index < -0.39 is 6.04 Å². The normalized spacial score (nSPS) is 11.7. The Morgan fingerprint density at radius 1 is 1.10 bits per heavy atom. The Labute approximate surface area is 124 Å². The number of carbonyl (C=O) groups excluding carboxylic acids is 1. The third kappa shape index (κ3) is 4.07. The molecule has 0 fully saturated rings. The van der Waals surface area contributed by atoms with Crippen LogP contribution in [0.2, 0.25) is 0 Å². The molecule has 0 aliphatic rings. The van der Waals surface area contributed by atoms with E-state index in [2.05, 4.69) is 5.32 Å². The van der Waals surface area contributed by atoms with Crippen LogP contribution in [0.4, 0.5) is 0 Å². The minimum absolute atomic E-state index is 0.310. The average molecular weight is 285 g/mol. The number of hydrogen-bond donors (Lipinski definition) is 1. The number of esters is 1. The Bertz CT molecular complexity index is 566. The molecule has 2 aromatic rings. The van der Waals surface area contributed by atoms with Gasteiger partial charge in [0.05, 0.1) is 7.11 Å². The lowest BCUT2D eigenvalue weighted by Crippen LogP contribution is -2.26. The van der Waals surface area contributed by atoms with Crippen molar-refractivity contribution in [2.45, 2.75) is 12.6 Å². The Kier molecular flexibility index (Phi) is 5.35. The first-order chi connectivity index (χ1) is 10.2. The summed E-state index contributed by atoms with van der Waals surface area (Å²) >= 11 is 0. The van der Waals surface area contributed by atoms with Crippen LogP contribution in [0.1, 0.15) is 17.2 Å². The fourth-order valence-corrected chi connectivity index (χ4v) is 2.04. The zero-order chi connectivity index (χ0) is 15.1. The van der Waals surface area contributed by atoms with Crippen LogP contribution in [-0.4, -0.2) is 20.1 Å². The van der Waals surface area contributed by atoms with Gasteiger partial charge in [0.25, 0.3) is 0 Å². The monoisotopic (exact) mass is 285 g/mol. The number of likely N-dealkylation sites (N-methyl/N-ethyl adjacent to an activating group) is 1. The van der Waals surface area contributed by atoms with E-state index in [1.54, 1.807) is 7.05 Å². The third-order valence-corrected chi connectivity index (χ3v) is 3.19. The standard InChI is InChI=1S/C17H19NO3/c1-18-16(17(19)20-2)14-8-10-15(11-9-14)21-12-13-6-4-3-5-7-13/h3-11,16,18H,12H2,1-2H3. The highest BCUT2D eigenvalue weighted by Gasteiger charge is 2.18. The molecular weight excluding hydrogens is 266 g/mol. The van der Waals surface area contributed by atoms with E-state index in [-0.39, 0.29) is 5.97 Å². The molecule has 0 heterocycles. The molecule has 0 spiro atoms. The minimum atomic E-state index is -0.460. The molecule has 1 N–H and O–H groups in total. The zero-order valence-corrected chi connectivity index (χ0v) is 12.2. The van der Waals surface area contributed by atoms with E-state index in [0.29, 0.717) is 6.61 Å². The van der Waals surface area contributed by atoms with E-state index in [0.717, 1.165) is 16.9 Å². The van der Waals surface area contributed by atoms with Crippen molar-refractivity contribution in [3.63, 3.8) is 0 Å². The summed E-state index contributed by atoms with van der Waals surface area (Å²) in [7, 11) is 3.10. The summed E-state index contributed by atoms with van der Waals surface area (Å²) in [5, 5.41) is 2.93. The van der Waals surface area contributed by atoms with E-state index in [4.69, 9.17) is 9.47 Å². The second-order valence-corrected chi connectivity index (χ2v) is 4.59. The molecule has 0 aliphatic carbocycles. The topological polar surface area (TPSA) is 47.6 Å². The number of carbonyl (C=O) groups is 1. The second kappa shape index (κ2) is 7.45. The molecule has 0 saturated heterocycles. The number of rotatable bonds is 6. The molecule has 0 aliphatic heterocycles. The van der Waals surface area contributed by atoms with Crippen molar-refractivity contribution < 1.29 is 14.3 Å². The molecule has 2 aromatic carbocycles. The molecule has 1 atom stereocenters. The van der Waals surface area contributed by atoms with Crippen molar-refractivity contribution in [2.75, 3.05) is 14.2 Å². The molecule has 110 valence electrons. The summed E-state index contributed by atoms with van der Waals surface area (Å²) in [5.74, 6) is 0.456. The largest absolute Gasteiger partial charge is 0.489 e. The second-order valence-electron chi connectivity index (χ2n) is 4.59. The highest BCUT2D eigenvalue weighted by atomic mass is 16.5. The lowest BCUT2D eigenvalue weighted by Gasteiger charge is -2.14. The molecule has 0 saturated carbocycles. The Balaban J connectivity index is 2.00. The molecule has 1 unspecified atom stereocenters. The van der Waals surface area contributed by atoms with Crippen LogP contribution < -0.4 is 10.1 Å². The highest BCUT2D eigenvalue weighted by Crippen LogP contribution is 2.19. The zero-order valence-electron chi connectivity index (χ0n) is 12.2. The Morgan fingerprint density at radius 2 is 1.76 bits per heavy atom. The fraction of sp³-hybridized carbons (Fsp3) is 0.235. The SMILES string of the molecule is CNC(C(=O)OC)c1ccc(OCc2ccccc2)cc1. The predicted octanol–water partition coefficient (Wildman–Crippen LogP) is 2.70. The summed E-state index contributed by atoms with van der Waals surface area (Å²) in [6.07, 6.45) is 0. The fourth-order valence-electron chi connectivity index (χ4n) is 2.04. The molecule has 4 nitrogen and oxygen atoms in total. The third-order valence-electron chi connectivity index (χ3n) is 3.19. The number of methoxy groups -OCH3 is 1. The van der Waals surface area contributed by atoms with Crippen molar-refractivity contribution >= 4 is 5.97 Å². The van der Waals surface area contributed by atoms with Gasteiger partial charge >= 0.3 is 5.97 Å². The van der Waals surface area contributed by atoms with Crippen LogP contribution in [0.3, 0.4) is 0 Å². The lowest BCUT2D eigenvalue weighted by molar-refractivity contribution is -0.143. The van der Waals surface area contributed by atoms with Gasteiger partial charge in [-0.1, -0.05) is 42.5 Å². The van der Waals surface area contributed by atoms with Gasteiger partial charge in [-0.05, 0) is 30.3 Å². The summed E-state index contributed by atoms with van der Waals surface area (Å²) in [5.41, 5.74) is 1.96. The first-order valence-electron chi connectivity index (χ1n) is 6.76. The number of benzene rings is 2. The molecule has 21 heavy (non-hydrogen) atoms. The summed E-state index contributed by atoms with van der Waals surface area (Å²) < 4.78 is 10.5. The van der Waals surface area contributed by atoms with E-state index >= 15 is 0 Å². The number of nitrogens with one attached hydrogen (secondary N) is 1. The first kappa shape index (κ1) is 15.1. The van der Waals surface area contributed by atoms with Gasteiger partial charge in [-0.25, -0.2) is 4.79 Å². The predicted molar refractivity (Wildman–Crippen MR) is 81.0 cm³/mol. The van der Waals surface area contributed by atoms with Crippen molar-refractivity contribution in [3.05, 3.63) is 65.7 Å². The maximum Gasteiger partial charge on any atom is 0.327 e. The number of hydrogen-bond acceptors (Lipinski definition) is 4. The van der Waals surface area contributed by atoms with Crippen LogP contribution in [0, 0.1) is 0 Å². The van der Waals surface area contributed by atoms with Gasteiger partial charge in [0.15, 0.2) is 0 Å². The van der Waals surface area contributed by atoms with Crippen LogP contribution in [-0.2, 0) is 16.1 Å². The van der Waals surface area contributed by atoms with Gasteiger partial charge in [-0.15, -0.1) is 0 Å². The molecule has 0 radical (unpaired) electrons. The summed E-state index contributed by atoms with van der Waals surface area (Å²) in [4.78, 5) is 11.6. The van der Waals surface area contributed by atoms with Gasteiger partial charge in [0.1, 0.15) is 18.4 Å². The maximum atomic E-state index is 11.6. The quantitative estimate of drug-likeness (QED) is 0.829. The average Bonchev–Trinajstić information content (AvgIpc) is 2.55.